The van der Waals surface area contributed by atoms with Gasteiger partial charge < -0.3 is 5.73 Å². The Balaban J connectivity index is 2.54. The number of nitrogen functional groups attached to an aromatic ring is 1. The van der Waals surface area contributed by atoms with Crippen LogP contribution in [0.5, 0.6) is 0 Å². The molecule has 0 radical (unpaired) electrons. The molecule has 16 heavy (non-hydrogen) atoms. The second-order valence-electron chi connectivity index (χ2n) is 3.23. The first-order valence-corrected chi connectivity index (χ1v) is 4.82. The summed E-state index contributed by atoms with van der Waals surface area (Å²) < 4.78 is 26.6. The molecule has 1 aromatic heterocycles. The van der Waals surface area contributed by atoms with Crippen molar-refractivity contribution >= 4 is 17.3 Å². The topological polar surface area (TPSA) is 38.9 Å². The van der Waals surface area contributed by atoms with Crippen molar-refractivity contribution in [1.29, 1.82) is 0 Å². The van der Waals surface area contributed by atoms with Gasteiger partial charge in [-0.2, -0.15) is 0 Å². The van der Waals surface area contributed by atoms with E-state index in [1.54, 1.807) is 0 Å². The fourth-order valence-corrected chi connectivity index (χ4v) is 1.43. The van der Waals surface area contributed by atoms with Crippen LogP contribution in [0.15, 0.2) is 30.5 Å². The molecule has 2 aromatic rings. The molecule has 1 heterocycles. The lowest BCUT2D eigenvalue weighted by Crippen LogP contribution is -1.94. The average Bonchev–Trinajstić information content (AvgIpc) is 2.22. The molecule has 0 saturated carbocycles. The van der Waals surface area contributed by atoms with E-state index in [4.69, 9.17) is 17.3 Å². The highest BCUT2D eigenvalue weighted by atomic mass is 35.5. The molecule has 0 atom stereocenters. The number of hydrogen-bond acceptors (Lipinski definition) is 2. The molecule has 0 spiro atoms. The number of rotatable bonds is 1. The Hall–Kier alpha value is -1.68. The quantitative estimate of drug-likeness (QED) is 0.831. The summed E-state index contributed by atoms with van der Waals surface area (Å²) in [6.45, 7) is 0. The first-order valence-electron chi connectivity index (χ1n) is 4.44. The van der Waals surface area contributed by atoms with Crippen molar-refractivity contribution in [3.8, 4) is 11.3 Å². The summed E-state index contributed by atoms with van der Waals surface area (Å²) in [6.07, 6.45) is 1.31. The van der Waals surface area contributed by atoms with E-state index >= 15 is 0 Å². The molecule has 0 amide bonds. The van der Waals surface area contributed by atoms with Gasteiger partial charge in [-0.3, -0.25) is 4.98 Å². The van der Waals surface area contributed by atoms with Crippen LogP contribution in [-0.2, 0) is 0 Å². The van der Waals surface area contributed by atoms with Crippen LogP contribution in [0.2, 0.25) is 5.02 Å². The number of anilines is 1. The van der Waals surface area contributed by atoms with Crippen LogP contribution in [0.4, 0.5) is 14.5 Å². The number of pyridine rings is 1. The van der Waals surface area contributed by atoms with E-state index in [2.05, 4.69) is 4.98 Å². The monoisotopic (exact) mass is 240 g/mol. The van der Waals surface area contributed by atoms with Gasteiger partial charge in [-0.1, -0.05) is 17.7 Å². The van der Waals surface area contributed by atoms with Gasteiger partial charge in [0.2, 0.25) is 0 Å². The Bertz CT molecular complexity index is 544. The van der Waals surface area contributed by atoms with Gasteiger partial charge >= 0.3 is 0 Å². The van der Waals surface area contributed by atoms with Crippen LogP contribution < -0.4 is 5.73 Å². The number of halogens is 3. The molecule has 0 saturated heterocycles. The molecule has 0 aliphatic heterocycles. The maximum atomic E-state index is 13.5. The molecule has 0 aliphatic carbocycles. The van der Waals surface area contributed by atoms with E-state index < -0.39 is 11.6 Å². The van der Waals surface area contributed by atoms with Gasteiger partial charge in [0, 0.05) is 11.6 Å². The van der Waals surface area contributed by atoms with Gasteiger partial charge in [0.25, 0.3) is 0 Å². The minimum absolute atomic E-state index is 0.0143. The van der Waals surface area contributed by atoms with Gasteiger partial charge in [-0.15, -0.1) is 0 Å². The van der Waals surface area contributed by atoms with Crippen LogP contribution >= 0.6 is 11.6 Å². The molecule has 0 aliphatic rings. The average molecular weight is 241 g/mol. The summed E-state index contributed by atoms with van der Waals surface area (Å²) in [7, 11) is 0. The summed E-state index contributed by atoms with van der Waals surface area (Å²) in [5, 5.41) is -0.0143. The van der Waals surface area contributed by atoms with Crippen LogP contribution in [0.3, 0.4) is 0 Å². The van der Waals surface area contributed by atoms with Gasteiger partial charge in [0.15, 0.2) is 5.82 Å². The van der Waals surface area contributed by atoms with Crippen LogP contribution in [0.1, 0.15) is 0 Å². The zero-order valence-corrected chi connectivity index (χ0v) is 8.80. The summed E-state index contributed by atoms with van der Waals surface area (Å²) in [5.74, 6) is -1.21. The smallest absolute Gasteiger partial charge is 0.151 e. The Morgan fingerprint density at radius 1 is 1.12 bits per heavy atom. The van der Waals surface area contributed by atoms with E-state index in [-0.39, 0.29) is 16.4 Å². The number of nitrogens with zero attached hydrogens (tertiary/aromatic N) is 1. The third-order valence-corrected chi connectivity index (χ3v) is 2.36. The van der Waals surface area contributed by atoms with Crippen molar-refractivity contribution in [2.75, 3.05) is 5.73 Å². The normalized spacial score (nSPS) is 10.4. The van der Waals surface area contributed by atoms with Crippen LogP contribution in [0, 0.1) is 11.6 Å². The van der Waals surface area contributed by atoms with Crippen molar-refractivity contribution in [2.45, 2.75) is 0 Å². The summed E-state index contributed by atoms with van der Waals surface area (Å²) in [4.78, 5) is 3.81. The Kier molecular flexibility index (Phi) is 2.75. The standard InChI is InChI=1S/C11H7ClF2N2/c12-8-2-1-6(3-9(8)13)11-10(14)4-7(15)5-16-11/h1-5H,15H2. The molecule has 0 bridgehead atoms. The first kappa shape index (κ1) is 10.8. The van der Waals surface area contributed by atoms with E-state index in [1.165, 1.54) is 18.3 Å². The van der Waals surface area contributed by atoms with Crippen molar-refractivity contribution in [2.24, 2.45) is 0 Å². The summed E-state index contributed by atoms with van der Waals surface area (Å²) >= 11 is 5.52. The van der Waals surface area contributed by atoms with Gasteiger partial charge in [0.1, 0.15) is 11.5 Å². The predicted octanol–water partition coefficient (Wildman–Crippen LogP) is 3.26. The predicted molar refractivity (Wildman–Crippen MR) is 59.0 cm³/mol. The Labute approximate surface area is 95.7 Å². The fraction of sp³-hybridized carbons (Fsp3) is 0. The minimum Gasteiger partial charge on any atom is -0.397 e. The zero-order chi connectivity index (χ0) is 11.7. The van der Waals surface area contributed by atoms with Crippen LogP contribution in [-0.4, -0.2) is 4.98 Å². The van der Waals surface area contributed by atoms with E-state index in [0.717, 1.165) is 12.1 Å². The van der Waals surface area contributed by atoms with Gasteiger partial charge in [-0.05, 0) is 12.1 Å². The molecule has 5 heteroatoms. The molecular formula is C11H7ClF2N2. The second kappa shape index (κ2) is 4.06. The summed E-state index contributed by atoms with van der Waals surface area (Å²) in [6, 6.07) is 5.11. The highest BCUT2D eigenvalue weighted by Gasteiger charge is 2.09. The molecule has 2 N–H and O–H groups in total. The molecule has 1 aromatic carbocycles. The number of aromatic nitrogens is 1. The Morgan fingerprint density at radius 2 is 1.88 bits per heavy atom. The molecule has 2 nitrogen and oxygen atoms in total. The van der Waals surface area contributed by atoms with Gasteiger partial charge in [-0.25, -0.2) is 8.78 Å². The molecule has 0 fully saturated rings. The maximum absolute atomic E-state index is 13.5. The van der Waals surface area contributed by atoms with Crippen molar-refractivity contribution in [3.63, 3.8) is 0 Å². The van der Waals surface area contributed by atoms with E-state index in [1.807, 2.05) is 0 Å². The second-order valence-corrected chi connectivity index (χ2v) is 3.64. The highest BCUT2D eigenvalue weighted by molar-refractivity contribution is 6.30. The number of hydrogen-bond donors (Lipinski definition) is 1. The lowest BCUT2D eigenvalue weighted by atomic mass is 10.1. The largest absolute Gasteiger partial charge is 0.397 e. The lowest BCUT2D eigenvalue weighted by Gasteiger charge is -2.04. The Morgan fingerprint density at radius 3 is 2.50 bits per heavy atom. The third kappa shape index (κ3) is 1.97. The molecule has 0 unspecified atom stereocenters. The SMILES string of the molecule is Nc1cnc(-c2ccc(Cl)c(F)c2)c(F)c1. The van der Waals surface area contributed by atoms with E-state index in [9.17, 15) is 8.78 Å². The number of benzene rings is 1. The number of nitrogens with two attached hydrogens (primary N) is 1. The van der Waals surface area contributed by atoms with E-state index in [0.29, 0.717) is 5.56 Å². The summed E-state index contributed by atoms with van der Waals surface area (Å²) in [5.41, 5.74) is 5.95. The molecule has 82 valence electrons. The van der Waals surface area contributed by atoms with Gasteiger partial charge in [0.05, 0.1) is 16.9 Å². The highest BCUT2D eigenvalue weighted by Crippen LogP contribution is 2.25. The van der Waals surface area contributed by atoms with Crippen molar-refractivity contribution < 1.29 is 8.78 Å². The molecular weight excluding hydrogens is 234 g/mol. The van der Waals surface area contributed by atoms with Crippen molar-refractivity contribution in [1.82, 2.24) is 4.98 Å². The maximum Gasteiger partial charge on any atom is 0.151 e. The third-order valence-electron chi connectivity index (χ3n) is 2.06. The zero-order valence-electron chi connectivity index (χ0n) is 8.05. The molecule has 2 rings (SSSR count). The van der Waals surface area contributed by atoms with Crippen LogP contribution in [0.25, 0.3) is 11.3 Å². The van der Waals surface area contributed by atoms with Crippen molar-refractivity contribution in [3.05, 3.63) is 47.1 Å². The first-order chi connectivity index (χ1) is 7.58. The minimum atomic E-state index is -0.614. The lowest BCUT2D eigenvalue weighted by molar-refractivity contribution is 0.622. The fourth-order valence-electron chi connectivity index (χ4n) is 1.31.